The highest BCUT2D eigenvalue weighted by Crippen LogP contribution is 2.48. The molecule has 1 aliphatic heterocycles. The quantitative estimate of drug-likeness (QED) is 0.856. The number of furan rings is 1. The molecular formula is C18H19NO2S2. The summed E-state index contributed by atoms with van der Waals surface area (Å²) in [5.41, 5.74) is 2.21. The average Bonchev–Trinajstić information content (AvgIpc) is 3.22. The Labute approximate surface area is 144 Å². The zero-order valence-corrected chi connectivity index (χ0v) is 14.4. The highest BCUT2D eigenvalue weighted by atomic mass is 32.2. The number of carbonyl (C=O) groups is 1. The van der Waals surface area contributed by atoms with Gasteiger partial charge in [-0.05, 0) is 54.2 Å². The van der Waals surface area contributed by atoms with E-state index in [4.69, 9.17) is 4.42 Å². The summed E-state index contributed by atoms with van der Waals surface area (Å²) in [4.78, 5) is 12.4. The number of carbonyl (C=O) groups excluding carboxylic acids is 1. The van der Waals surface area contributed by atoms with Gasteiger partial charge in [-0.3, -0.25) is 4.79 Å². The second-order valence-corrected chi connectivity index (χ2v) is 8.73. The zero-order valence-electron chi connectivity index (χ0n) is 12.7. The summed E-state index contributed by atoms with van der Waals surface area (Å²) in [6, 6.07) is 12.1. The minimum Gasteiger partial charge on any atom is -0.469 e. The Kier molecular flexibility index (Phi) is 4.40. The van der Waals surface area contributed by atoms with Crippen molar-refractivity contribution < 1.29 is 9.21 Å². The van der Waals surface area contributed by atoms with Crippen LogP contribution < -0.4 is 5.32 Å². The molecule has 1 aromatic carbocycles. The van der Waals surface area contributed by atoms with Gasteiger partial charge in [0.05, 0.1) is 10.8 Å². The van der Waals surface area contributed by atoms with Gasteiger partial charge in [0.15, 0.2) is 0 Å². The van der Waals surface area contributed by atoms with Crippen molar-refractivity contribution in [2.45, 2.75) is 23.3 Å². The maximum absolute atomic E-state index is 12.4. The van der Waals surface area contributed by atoms with Crippen molar-refractivity contribution in [3.05, 3.63) is 54.0 Å². The van der Waals surface area contributed by atoms with Gasteiger partial charge in [-0.25, -0.2) is 0 Å². The van der Waals surface area contributed by atoms with Crippen molar-refractivity contribution in [1.29, 1.82) is 0 Å². The van der Waals surface area contributed by atoms with Crippen molar-refractivity contribution in [3.63, 3.8) is 0 Å². The first-order valence-corrected chi connectivity index (χ1v) is 10.1. The third kappa shape index (κ3) is 3.45. The smallest absolute Gasteiger partial charge is 0.228 e. The Morgan fingerprint density at radius 3 is 2.83 bits per heavy atom. The minimum absolute atomic E-state index is 0.0447. The van der Waals surface area contributed by atoms with E-state index in [1.54, 1.807) is 6.26 Å². The van der Waals surface area contributed by atoms with Crippen LogP contribution in [0.4, 0.5) is 5.69 Å². The van der Waals surface area contributed by atoms with E-state index in [-0.39, 0.29) is 17.7 Å². The van der Waals surface area contributed by atoms with Crippen molar-refractivity contribution in [3.8, 4) is 0 Å². The molecule has 2 aromatic rings. The van der Waals surface area contributed by atoms with Gasteiger partial charge in [-0.2, -0.15) is 0 Å². The fourth-order valence-corrected chi connectivity index (χ4v) is 5.85. The molecule has 2 aliphatic rings. The second kappa shape index (κ2) is 6.65. The van der Waals surface area contributed by atoms with Crippen LogP contribution in [0.25, 0.3) is 0 Å². The molecule has 1 aliphatic carbocycles. The number of hydrogen-bond acceptors (Lipinski definition) is 4. The van der Waals surface area contributed by atoms with E-state index >= 15 is 0 Å². The lowest BCUT2D eigenvalue weighted by atomic mass is 10.2. The molecule has 0 radical (unpaired) electrons. The first-order valence-electron chi connectivity index (χ1n) is 7.99. The van der Waals surface area contributed by atoms with Crippen LogP contribution in [0.2, 0.25) is 0 Å². The van der Waals surface area contributed by atoms with Crippen LogP contribution in [0.3, 0.4) is 0 Å². The van der Waals surface area contributed by atoms with E-state index in [9.17, 15) is 4.79 Å². The number of thioether (sulfide) groups is 2. The minimum atomic E-state index is 0.0447. The number of hydrogen-bond donors (Lipinski definition) is 1. The molecule has 1 saturated heterocycles. The number of benzene rings is 1. The molecule has 23 heavy (non-hydrogen) atoms. The molecule has 2 atom stereocenters. The molecular weight excluding hydrogens is 326 g/mol. The first kappa shape index (κ1) is 15.2. The lowest BCUT2D eigenvalue weighted by Gasteiger charge is -2.21. The Bertz CT molecular complexity index is 680. The molecule has 4 rings (SSSR count). The first-order chi connectivity index (χ1) is 11.3. The lowest BCUT2D eigenvalue weighted by molar-refractivity contribution is -0.117. The summed E-state index contributed by atoms with van der Waals surface area (Å²) in [5.74, 6) is 3.77. The van der Waals surface area contributed by atoms with Gasteiger partial charge in [0.2, 0.25) is 5.91 Å². The number of rotatable bonds is 4. The Hall–Kier alpha value is -1.33. The van der Waals surface area contributed by atoms with E-state index < -0.39 is 0 Å². The number of nitrogens with one attached hydrogen (secondary N) is 1. The number of anilines is 1. The molecule has 3 nitrogen and oxygen atoms in total. The SMILES string of the molecule is O=C(Nc1cccc(C2SCCCS2)c1)[C@H]1C[C@H]1c1ccco1. The third-order valence-corrected chi connectivity index (χ3v) is 7.30. The topological polar surface area (TPSA) is 42.2 Å². The van der Waals surface area contributed by atoms with Gasteiger partial charge < -0.3 is 9.73 Å². The summed E-state index contributed by atoms with van der Waals surface area (Å²) in [5, 5.41) is 3.08. The fraction of sp³-hybridized carbons (Fsp3) is 0.389. The molecule has 1 saturated carbocycles. The summed E-state index contributed by atoms with van der Waals surface area (Å²) in [6.07, 6.45) is 3.84. The van der Waals surface area contributed by atoms with Crippen molar-refractivity contribution in [1.82, 2.24) is 0 Å². The van der Waals surface area contributed by atoms with Crippen LogP contribution in [0.15, 0.2) is 47.1 Å². The Morgan fingerprint density at radius 1 is 1.17 bits per heavy atom. The van der Waals surface area contributed by atoms with Crippen molar-refractivity contribution in [2.24, 2.45) is 5.92 Å². The van der Waals surface area contributed by atoms with Gasteiger partial charge in [-0.1, -0.05) is 12.1 Å². The summed E-state index contributed by atoms with van der Waals surface area (Å²) < 4.78 is 5.90. The van der Waals surface area contributed by atoms with Gasteiger partial charge in [0.1, 0.15) is 5.76 Å². The van der Waals surface area contributed by atoms with E-state index in [2.05, 4.69) is 17.4 Å². The highest BCUT2D eigenvalue weighted by molar-refractivity contribution is 8.16. The standard InChI is InChI=1S/C18H19NO2S2/c20-17(15-11-14(15)16-6-2-7-21-16)19-13-5-1-4-12(10-13)18-22-8-3-9-23-18/h1-2,4-7,10,14-15,18H,3,8-9,11H2,(H,19,20)/t14-,15+/m1/s1. The third-order valence-electron chi connectivity index (χ3n) is 4.29. The van der Waals surface area contributed by atoms with Crippen molar-refractivity contribution >= 4 is 35.1 Å². The molecule has 1 amide bonds. The van der Waals surface area contributed by atoms with Crippen molar-refractivity contribution in [2.75, 3.05) is 16.8 Å². The molecule has 2 heterocycles. The molecule has 0 spiro atoms. The normalized spacial score (nSPS) is 24.3. The molecule has 1 N–H and O–H groups in total. The Morgan fingerprint density at radius 2 is 2.04 bits per heavy atom. The largest absolute Gasteiger partial charge is 0.469 e. The van der Waals surface area contributed by atoms with E-state index in [0.717, 1.165) is 17.9 Å². The van der Waals surface area contributed by atoms with Gasteiger partial charge in [0.25, 0.3) is 0 Å². The van der Waals surface area contributed by atoms with Crippen LogP contribution in [0.5, 0.6) is 0 Å². The lowest BCUT2D eigenvalue weighted by Crippen LogP contribution is -2.14. The summed E-state index contributed by atoms with van der Waals surface area (Å²) in [6.45, 7) is 0. The average molecular weight is 345 g/mol. The molecule has 5 heteroatoms. The second-order valence-electron chi connectivity index (χ2n) is 6.01. The van der Waals surface area contributed by atoms with Crippen LogP contribution in [0.1, 0.15) is 34.7 Å². The predicted octanol–water partition coefficient (Wildman–Crippen LogP) is 4.89. The van der Waals surface area contributed by atoms with Crippen LogP contribution >= 0.6 is 23.5 Å². The van der Waals surface area contributed by atoms with E-state index in [0.29, 0.717) is 4.58 Å². The molecule has 0 unspecified atom stereocenters. The zero-order chi connectivity index (χ0) is 15.6. The van der Waals surface area contributed by atoms with Gasteiger partial charge >= 0.3 is 0 Å². The summed E-state index contributed by atoms with van der Waals surface area (Å²) >= 11 is 4.00. The van der Waals surface area contributed by atoms with Crippen LogP contribution in [-0.4, -0.2) is 17.4 Å². The fourth-order valence-electron chi connectivity index (χ4n) is 2.98. The maximum Gasteiger partial charge on any atom is 0.228 e. The Balaban J connectivity index is 1.40. The van der Waals surface area contributed by atoms with E-state index in [1.807, 2.05) is 47.8 Å². The molecule has 2 fully saturated rings. The van der Waals surface area contributed by atoms with E-state index in [1.165, 1.54) is 23.5 Å². The molecule has 0 bridgehead atoms. The van der Waals surface area contributed by atoms with Crippen LogP contribution in [-0.2, 0) is 4.79 Å². The number of amides is 1. The monoisotopic (exact) mass is 345 g/mol. The van der Waals surface area contributed by atoms with Gasteiger partial charge in [0, 0.05) is 17.5 Å². The maximum atomic E-state index is 12.4. The van der Waals surface area contributed by atoms with Gasteiger partial charge in [-0.15, -0.1) is 23.5 Å². The predicted molar refractivity (Wildman–Crippen MR) is 96.9 cm³/mol. The van der Waals surface area contributed by atoms with Crippen LogP contribution in [0, 0.1) is 5.92 Å². The molecule has 1 aromatic heterocycles. The highest BCUT2D eigenvalue weighted by Gasteiger charge is 2.45. The molecule has 120 valence electrons. The summed E-state index contributed by atoms with van der Waals surface area (Å²) in [7, 11) is 0.